The molecule has 2 aromatic carbocycles. The number of hydrogen-bond acceptors (Lipinski definition) is 4. The van der Waals surface area contributed by atoms with Gasteiger partial charge in [-0.1, -0.05) is 49.4 Å². The van der Waals surface area contributed by atoms with E-state index in [1.807, 2.05) is 61.5 Å². The van der Waals surface area contributed by atoms with Gasteiger partial charge in [0.25, 0.3) is 0 Å². The number of aliphatic hydroxyl groups is 1. The molecule has 3 nitrogen and oxygen atoms in total. The summed E-state index contributed by atoms with van der Waals surface area (Å²) in [6.45, 7) is 2.50. The van der Waals surface area contributed by atoms with Gasteiger partial charge in [-0.15, -0.1) is 0 Å². The Bertz CT molecular complexity index is 610. The fourth-order valence-electron chi connectivity index (χ4n) is 2.40. The van der Waals surface area contributed by atoms with Crippen LogP contribution in [0.1, 0.15) is 30.6 Å². The van der Waals surface area contributed by atoms with E-state index in [9.17, 15) is 5.11 Å². The maximum absolute atomic E-state index is 10.5. The SMILES string of the molecule is CCC(C(=S)OC)C(O)c1ccc(OCc2ccccc2)cc1. The molecule has 0 fully saturated rings. The van der Waals surface area contributed by atoms with Gasteiger partial charge in [0.2, 0.25) is 0 Å². The smallest absolute Gasteiger partial charge is 0.165 e. The Morgan fingerprint density at radius 2 is 1.74 bits per heavy atom. The lowest BCUT2D eigenvalue weighted by Crippen LogP contribution is -2.21. The highest BCUT2D eigenvalue weighted by molar-refractivity contribution is 7.80. The molecule has 0 saturated heterocycles. The van der Waals surface area contributed by atoms with E-state index >= 15 is 0 Å². The van der Waals surface area contributed by atoms with Gasteiger partial charge in [-0.2, -0.15) is 0 Å². The summed E-state index contributed by atoms with van der Waals surface area (Å²) in [5.74, 6) is 0.582. The average Bonchev–Trinajstić information content (AvgIpc) is 2.61. The van der Waals surface area contributed by atoms with Crippen LogP contribution in [0.15, 0.2) is 54.6 Å². The molecule has 4 heteroatoms. The van der Waals surface area contributed by atoms with Crippen LogP contribution in [0.5, 0.6) is 5.75 Å². The minimum absolute atomic E-state index is 0.189. The van der Waals surface area contributed by atoms with Crippen LogP contribution in [0, 0.1) is 5.92 Å². The molecule has 0 bridgehead atoms. The quantitative estimate of drug-likeness (QED) is 0.768. The Morgan fingerprint density at radius 3 is 2.30 bits per heavy atom. The number of thiocarbonyl (C=S) groups is 1. The first-order chi connectivity index (χ1) is 11.2. The Balaban J connectivity index is 1.99. The van der Waals surface area contributed by atoms with Gasteiger partial charge < -0.3 is 14.6 Å². The molecule has 0 amide bonds. The molecule has 0 aliphatic rings. The number of benzene rings is 2. The predicted molar refractivity (Wildman–Crippen MR) is 95.6 cm³/mol. The van der Waals surface area contributed by atoms with Crippen molar-refractivity contribution < 1.29 is 14.6 Å². The third-order valence-electron chi connectivity index (χ3n) is 3.79. The highest BCUT2D eigenvalue weighted by atomic mass is 32.1. The maximum atomic E-state index is 10.5. The van der Waals surface area contributed by atoms with Crippen LogP contribution in [-0.2, 0) is 11.3 Å². The number of aliphatic hydroxyl groups excluding tert-OH is 1. The van der Waals surface area contributed by atoms with Crippen LogP contribution < -0.4 is 4.74 Å². The number of rotatable bonds is 7. The van der Waals surface area contributed by atoms with Crippen LogP contribution in [0.3, 0.4) is 0 Å². The third-order valence-corrected chi connectivity index (χ3v) is 4.26. The van der Waals surface area contributed by atoms with Gasteiger partial charge in [0.1, 0.15) is 12.4 Å². The van der Waals surface area contributed by atoms with Crippen LogP contribution in [0.2, 0.25) is 0 Å². The van der Waals surface area contributed by atoms with E-state index in [4.69, 9.17) is 21.7 Å². The zero-order valence-electron chi connectivity index (χ0n) is 13.4. The summed E-state index contributed by atoms with van der Waals surface area (Å²) in [5, 5.41) is 10.9. The van der Waals surface area contributed by atoms with Gasteiger partial charge in [-0.25, -0.2) is 0 Å². The van der Waals surface area contributed by atoms with Gasteiger partial charge in [0, 0.05) is 0 Å². The molecular weight excluding hydrogens is 308 g/mol. The van der Waals surface area contributed by atoms with E-state index in [0.717, 1.165) is 23.3 Å². The van der Waals surface area contributed by atoms with E-state index in [1.165, 1.54) is 7.11 Å². The van der Waals surface area contributed by atoms with E-state index in [-0.39, 0.29) is 5.92 Å². The summed E-state index contributed by atoms with van der Waals surface area (Å²) in [5.41, 5.74) is 1.93. The molecule has 0 aromatic heterocycles. The van der Waals surface area contributed by atoms with Crippen molar-refractivity contribution >= 4 is 17.3 Å². The van der Waals surface area contributed by atoms with Gasteiger partial charge in [0.05, 0.1) is 19.1 Å². The summed E-state index contributed by atoms with van der Waals surface area (Å²) in [6.07, 6.45) is 0.0516. The predicted octanol–water partition coefficient (Wildman–Crippen LogP) is 4.30. The van der Waals surface area contributed by atoms with E-state index < -0.39 is 6.10 Å². The molecule has 0 radical (unpaired) electrons. The van der Waals surface area contributed by atoms with Crippen molar-refractivity contribution in [1.29, 1.82) is 0 Å². The Labute approximate surface area is 142 Å². The topological polar surface area (TPSA) is 38.7 Å². The van der Waals surface area contributed by atoms with Crippen LogP contribution in [0.25, 0.3) is 0 Å². The normalized spacial score (nSPS) is 13.2. The second-order valence-corrected chi connectivity index (χ2v) is 5.73. The van der Waals surface area contributed by atoms with E-state index in [0.29, 0.717) is 11.7 Å². The Kier molecular flexibility index (Phi) is 6.56. The second kappa shape index (κ2) is 8.65. The van der Waals surface area contributed by atoms with Crippen molar-refractivity contribution in [3.63, 3.8) is 0 Å². The molecule has 0 aliphatic heterocycles. The van der Waals surface area contributed by atoms with E-state index in [2.05, 4.69) is 0 Å². The summed E-state index contributed by atoms with van der Waals surface area (Å²) in [6, 6.07) is 17.5. The lowest BCUT2D eigenvalue weighted by Gasteiger charge is -2.22. The first-order valence-corrected chi connectivity index (χ1v) is 8.09. The Morgan fingerprint density at radius 1 is 1.09 bits per heavy atom. The van der Waals surface area contributed by atoms with Crippen LogP contribution in [0.4, 0.5) is 0 Å². The summed E-state index contributed by atoms with van der Waals surface area (Å²) in [4.78, 5) is 0. The standard InChI is InChI=1S/C19H22O3S/c1-3-17(19(23)21-2)18(20)15-9-11-16(12-10-15)22-13-14-7-5-4-6-8-14/h4-12,17-18,20H,3,13H2,1-2H3. The molecule has 23 heavy (non-hydrogen) atoms. The zero-order valence-corrected chi connectivity index (χ0v) is 14.3. The monoisotopic (exact) mass is 330 g/mol. The van der Waals surface area contributed by atoms with Crippen LogP contribution in [-0.4, -0.2) is 17.3 Å². The fraction of sp³-hybridized carbons (Fsp3) is 0.316. The minimum Gasteiger partial charge on any atom is -0.490 e. The number of methoxy groups -OCH3 is 1. The van der Waals surface area contributed by atoms with Crippen molar-refractivity contribution in [1.82, 2.24) is 0 Å². The molecule has 0 heterocycles. The highest BCUT2D eigenvalue weighted by Gasteiger charge is 2.24. The molecule has 1 N–H and O–H groups in total. The van der Waals surface area contributed by atoms with Gasteiger partial charge in [-0.05, 0) is 41.9 Å². The van der Waals surface area contributed by atoms with Crippen molar-refractivity contribution in [2.45, 2.75) is 26.1 Å². The molecule has 0 spiro atoms. The molecular formula is C19H22O3S. The summed E-state index contributed by atoms with van der Waals surface area (Å²) >= 11 is 5.17. The molecule has 2 aromatic rings. The molecule has 0 aliphatic carbocycles. The fourth-order valence-corrected chi connectivity index (χ4v) is 2.70. The lowest BCUT2D eigenvalue weighted by molar-refractivity contribution is 0.127. The molecule has 122 valence electrons. The summed E-state index contributed by atoms with van der Waals surface area (Å²) < 4.78 is 10.9. The van der Waals surface area contributed by atoms with Crippen molar-refractivity contribution in [2.24, 2.45) is 5.92 Å². The average molecular weight is 330 g/mol. The molecule has 2 rings (SSSR count). The minimum atomic E-state index is -0.671. The van der Waals surface area contributed by atoms with Gasteiger partial charge in [0.15, 0.2) is 5.05 Å². The molecule has 2 unspecified atom stereocenters. The molecule has 0 saturated carbocycles. The lowest BCUT2D eigenvalue weighted by atomic mass is 9.94. The van der Waals surface area contributed by atoms with Crippen molar-refractivity contribution in [2.75, 3.05) is 7.11 Å². The van der Waals surface area contributed by atoms with Gasteiger partial charge >= 0.3 is 0 Å². The van der Waals surface area contributed by atoms with E-state index in [1.54, 1.807) is 0 Å². The Hall–Kier alpha value is -1.91. The summed E-state index contributed by atoms with van der Waals surface area (Å²) in [7, 11) is 1.54. The van der Waals surface area contributed by atoms with Crippen molar-refractivity contribution in [3.05, 3.63) is 65.7 Å². The number of ether oxygens (including phenoxy) is 2. The number of hydrogen-bond donors (Lipinski definition) is 1. The molecule has 2 atom stereocenters. The first kappa shape index (κ1) is 17.4. The second-order valence-electron chi connectivity index (χ2n) is 5.33. The van der Waals surface area contributed by atoms with Crippen LogP contribution >= 0.6 is 12.2 Å². The van der Waals surface area contributed by atoms with Gasteiger partial charge in [-0.3, -0.25) is 0 Å². The van der Waals surface area contributed by atoms with Crippen molar-refractivity contribution in [3.8, 4) is 5.75 Å². The largest absolute Gasteiger partial charge is 0.490 e. The highest BCUT2D eigenvalue weighted by Crippen LogP contribution is 2.28. The zero-order chi connectivity index (χ0) is 16.7. The maximum Gasteiger partial charge on any atom is 0.165 e. The first-order valence-electron chi connectivity index (χ1n) is 7.68. The third kappa shape index (κ3) is 4.78.